The second-order valence-electron chi connectivity index (χ2n) is 10.6. The first-order valence-corrected chi connectivity index (χ1v) is 15.9. The minimum atomic E-state index is 0.786. The molecular formula is C36H52N12. The molecule has 6 aromatic rings. The van der Waals surface area contributed by atoms with Crippen LogP contribution in [0.3, 0.4) is 0 Å². The molecule has 7 heterocycles. The van der Waals surface area contributed by atoms with E-state index in [9.17, 15) is 0 Å². The molecule has 12 nitrogen and oxygen atoms in total. The van der Waals surface area contributed by atoms with Crippen LogP contribution < -0.4 is 5.32 Å². The zero-order valence-electron chi connectivity index (χ0n) is 29.7. The lowest BCUT2D eigenvalue weighted by atomic mass is 10.1. The molecular weight excluding hydrogens is 600 g/mol. The second-order valence-corrected chi connectivity index (χ2v) is 10.6. The van der Waals surface area contributed by atoms with Gasteiger partial charge >= 0.3 is 0 Å². The van der Waals surface area contributed by atoms with Crippen molar-refractivity contribution in [2.75, 3.05) is 6.54 Å². The van der Waals surface area contributed by atoms with Crippen LogP contribution >= 0.6 is 0 Å². The first kappa shape index (κ1) is 40.8. The van der Waals surface area contributed by atoms with Gasteiger partial charge in [0.15, 0.2) is 0 Å². The number of hydrogen-bond donors (Lipinski definition) is 1. The number of aryl methyl sites for hydroxylation is 7. The Kier molecular flexibility index (Phi) is 22.9. The fourth-order valence-corrected chi connectivity index (χ4v) is 3.37. The molecule has 1 unspecified atom stereocenters. The highest BCUT2D eigenvalue weighted by molar-refractivity contribution is 5.00. The van der Waals surface area contributed by atoms with Crippen molar-refractivity contribution < 1.29 is 0 Å². The molecule has 0 bridgehead atoms. The summed E-state index contributed by atoms with van der Waals surface area (Å²) in [7, 11) is 3.86. The Hall–Kier alpha value is -5.23. The standard InChI is InChI=1S/C6H13N.C6H7N.C5H8N2.3C5H6N2.C4H6N2/c2*1-6-4-2-3-5-7-6;1-5-6-3-4-7(5)2;1-5-4-6-2-3-7-5;1-5-2-3-6-4-7-5;1-5-3-2-4-6-7-5;1-6-4-2-3-5-6/h6-7H,2-5H2,1H3;2-5H,1H3;3-4H,1-2H3;3*2-4H,1H3;2-4H,1H3. The third-order valence-corrected chi connectivity index (χ3v) is 6.20. The van der Waals surface area contributed by atoms with Crippen molar-refractivity contribution in [2.24, 2.45) is 14.1 Å². The number of nitrogens with one attached hydrogen (secondary N) is 1. The highest BCUT2D eigenvalue weighted by Crippen LogP contribution is 2.04. The lowest BCUT2D eigenvalue weighted by molar-refractivity contribution is 0.425. The van der Waals surface area contributed by atoms with E-state index < -0.39 is 0 Å². The number of piperidine rings is 1. The maximum atomic E-state index is 3.98. The average Bonchev–Trinajstić information content (AvgIpc) is 3.74. The molecule has 1 N–H and O–H groups in total. The summed E-state index contributed by atoms with van der Waals surface area (Å²) >= 11 is 0. The Balaban J connectivity index is 0.000000280. The Morgan fingerprint density at radius 3 is 1.67 bits per heavy atom. The van der Waals surface area contributed by atoms with Crippen molar-refractivity contribution in [3.05, 3.63) is 139 Å². The molecule has 0 aromatic carbocycles. The van der Waals surface area contributed by atoms with E-state index in [0.29, 0.717) is 0 Å². The van der Waals surface area contributed by atoms with Crippen molar-refractivity contribution in [1.29, 1.82) is 0 Å². The van der Waals surface area contributed by atoms with E-state index in [-0.39, 0.29) is 0 Å². The molecule has 7 rings (SSSR count). The Labute approximate surface area is 286 Å². The molecule has 1 saturated heterocycles. The van der Waals surface area contributed by atoms with E-state index in [4.69, 9.17) is 0 Å². The van der Waals surface area contributed by atoms with Gasteiger partial charge in [0.05, 0.1) is 11.4 Å². The number of aromatic nitrogens is 11. The van der Waals surface area contributed by atoms with Crippen molar-refractivity contribution >= 4 is 0 Å². The van der Waals surface area contributed by atoms with Gasteiger partial charge in [-0.05, 0) is 97.3 Å². The van der Waals surface area contributed by atoms with E-state index >= 15 is 0 Å². The van der Waals surface area contributed by atoms with Crippen LogP contribution in [0.4, 0.5) is 0 Å². The number of imidazole rings is 1. The monoisotopic (exact) mass is 652 g/mol. The first-order valence-electron chi connectivity index (χ1n) is 15.9. The van der Waals surface area contributed by atoms with Crippen LogP contribution in [0, 0.1) is 34.6 Å². The summed E-state index contributed by atoms with van der Waals surface area (Å²) in [6.07, 6.45) is 23.3. The van der Waals surface area contributed by atoms with Crippen molar-refractivity contribution in [2.45, 2.75) is 66.8 Å². The van der Waals surface area contributed by atoms with Crippen molar-refractivity contribution in [3.8, 4) is 0 Å². The molecule has 6 aromatic heterocycles. The quantitative estimate of drug-likeness (QED) is 0.207. The van der Waals surface area contributed by atoms with Crippen LogP contribution in [0.1, 0.15) is 54.8 Å². The third kappa shape index (κ3) is 24.1. The van der Waals surface area contributed by atoms with Crippen LogP contribution in [0.5, 0.6) is 0 Å². The van der Waals surface area contributed by atoms with Gasteiger partial charge in [-0.25, -0.2) is 15.0 Å². The van der Waals surface area contributed by atoms with Crippen LogP contribution in [0.25, 0.3) is 0 Å². The van der Waals surface area contributed by atoms with Crippen molar-refractivity contribution in [3.63, 3.8) is 0 Å². The summed E-state index contributed by atoms with van der Waals surface area (Å²) in [4.78, 5) is 23.3. The molecule has 0 radical (unpaired) electrons. The predicted molar refractivity (Wildman–Crippen MR) is 192 cm³/mol. The zero-order valence-corrected chi connectivity index (χ0v) is 29.7. The maximum absolute atomic E-state index is 3.98. The fourth-order valence-electron chi connectivity index (χ4n) is 3.37. The van der Waals surface area contributed by atoms with Gasteiger partial charge in [0, 0.05) is 93.5 Å². The summed E-state index contributed by atoms with van der Waals surface area (Å²) in [6, 6.07) is 14.2. The lowest BCUT2D eigenvalue weighted by Crippen LogP contribution is -2.30. The summed E-state index contributed by atoms with van der Waals surface area (Å²) in [5.74, 6) is 1.06. The highest BCUT2D eigenvalue weighted by Gasteiger charge is 2.04. The number of rotatable bonds is 0. The van der Waals surface area contributed by atoms with Crippen molar-refractivity contribution in [1.82, 2.24) is 59.8 Å². The summed E-state index contributed by atoms with van der Waals surface area (Å²) in [6.45, 7) is 13.2. The largest absolute Gasteiger partial charge is 0.338 e. The zero-order chi connectivity index (χ0) is 35.2. The lowest BCUT2D eigenvalue weighted by Gasteiger charge is -2.18. The second kappa shape index (κ2) is 26.9. The van der Waals surface area contributed by atoms with Gasteiger partial charge in [0.25, 0.3) is 0 Å². The van der Waals surface area contributed by atoms with E-state index in [0.717, 1.165) is 34.6 Å². The minimum absolute atomic E-state index is 0.786. The Morgan fingerprint density at radius 1 is 0.646 bits per heavy atom. The van der Waals surface area contributed by atoms with E-state index in [1.807, 2.05) is 108 Å². The van der Waals surface area contributed by atoms with Gasteiger partial charge in [-0.15, -0.1) is 0 Å². The van der Waals surface area contributed by atoms with Gasteiger partial charge < -0.3 is 9.88 Å². The molecule has 1 aliphatic rings. The number of nitrogens with zero attached hydrogens (tertiary/aromatic N) is 11. The van der Waals surface area contributed by atoms with Gasteiger partial charge in [0.1, 0.15) is 12.2 Å². The topological polar surface area (TPSA) is 138 Å². The predicted octanol–water partition coefficient (Wildman–Crippen LogP) is 6.04. The molecule has 0 amide bonds. The van der Waals surface area contributed by atoms with Gasteiger partial charge in [-0.3, -0.25) is 19.6 Å². The average molecular weight is 653 g/mol. The Bertz CT molecular complexity index is 1340. The molecule has 12 heteroatoms. The smallest absolute Gasteiger partial charge is 0.115 e. The number of hydrogen-bond acceptors (Lipinski definition) is 10. The molecule has 0 aliphatic carbocycles. The van der Waals surface area contributed by atoms with Crippen LogP contribution in [-0.2, 0) is 14.1 Å². The first-order chi connectivity index (χ1) is 23.2. The van der Waals surface area contributed by atoms with Gasteiger partial charge in [0.2, 0.25) is 0 Å². The summed E-state index contributed by atoms with van der Waals surface area (Å²) in [5.41, 5.74) is 4.00. The van der Waals surface area contributed by atoms with Crippen LogP contribution in [-0.4, -0.2) is 67.0 Å². The molecule has 48 heavy (non-hydrogen) atoms. The van der Waals surface area contributed by atoms with Crippen LogP contribution in [0.2, 0.25) is 0 Å². The molecule has 0 saturated carbocycles. The van der Waals surface area contributed by atoms with E-state index in [2.05, 4.69) is 57.4 Å². The fraction of sp³-hybridized carbons (Fsp3) is 0.361. The normalized spacial score (nSPS) is 12.4. The summed E-state index contributed by atoms with van der Waals surface area (Å²) < 4.78 is 3.72. The molecule has 0 spiro atoms. The number of pyridine rings is 1. The summed E-state index contributed by atoms with van der Waals surface area (Å²) in [5, 5.41) is 14.6. The van der Waals surface area contributed by atoms with E-state index in [1.165, 1.54) is 32.1 Å². The van der Waals surface area contributed by atoms with Crippen LogP contribution in [0.15, 0.2) is 111 Å². The maximum Gasteiger partial charge on any atom is 0.115 e. The molecule has 1 aliphatic heterocycles. The van der Waals surface area contributed by atoms with E-state index in [1.54, 1.807) is 54.3 Å². The SMILES string of the molecule is CC1CCCCN1.Cc1ccccn1.Cc1cccnn1.Cc1ccncn1.Cc1cnccn1.Cc1nccn1C.Cn1cccn1. The molecule has 1 fully saturated rings. The minimum Gasteiger partial charge on any atom is -0.338 e. The highest BCUT2D eigenvalue weighted by atomic mass is 15.2. The third-order valence-electron chi connectivity index (χ3n) is 6.20. The molecule has 256 valence electrons. The molecule has 1 atom stereocenters. The van der Waals surface area contributed by atoms with Gasteiger partial charge in [-0.2, -0.15) is 15.3 Å². The Morgan fingerprint density at radius 2 is 1.42 bits per heavy atom. The van der Waals surface area contributed by atoms with Gasteiger partial charge in [-0.1, -0.05) is 12.5 Å².